The van der Waals surface area contributed by atoms with Gasteiger partial charge in [-0.25, -0.2) is 9.97 Å². The molecule has 1 aliphatic rings. The Morgan fingerprint density at radius 3 is 2.68 bits per heavy atom. The van der Waals surface area contributed by atoms with E-state index in [0.29, 0.717) is 12.5 Å². The number of aromatic nitrogens is 2. The summed E-state index contributed by atoms with van der Waals surface area (Å²) in [6.45, 7) is 7.35. The molecule has 4 heteroatoms. The summed E-state index contributed by atoms with van der Waals surface area (Å²) < 4.78 is 0. The molecular formula is C15H26N4. The highest BCUT2D eigenvalue weighted by Crippen LogP contribution is 2.28. The van der Waals surface area contributed by atoms with Crippen LogP contribution < -0.4 is 5.73 Å². The first kappa shape index (κ1) is 14.4. The van der Waals surface area contributed by atoms with E-state index < -0.39 is 0 Å². The quantitative estimate of drug-likeness (QED) is 0.900. The number of rotatable bonds is 4. The Kier molecular flexibility index (Phi) is 4.53. The molecule has 4 nitrogen and oxygen atoms in total. The smallest absolute Gasteiger partial charge is 0.134 e. The third kappa shape index (κ3) is 3.51. The van der Waals surface area contributed by atoms with Gasteiger partial charge in [-0.3, -0.25) is 0 Å². The maximum Gasteiger partial charge on any atom is 0.134 e. The zero-order chi connectivity index (χ0) is 13.9. The molecule has 0 bridgehead atoms. The van der Waals surface area contributed by atoms with Gasteiger partial charge in [-0.2, -0.15) is 0 Å². The third-order valence-corrected chi connectivity index (χ3v) is 4.19. The molecule has 0 unspecified atom stereocenters. The van der Waals surface area contributed by atoms with Crippen molar-refractivity contribution in [3.8, 4) is 0 Å². The first-order valence-electron chi connectivity index (χ1n) is 7.25. The van der Waals surface area contributed by atoms with Crippen molar-refractivity contribution in [2.24, 2.45) is 5.73 Å². The van der Waals surface area contributed by atoms with Crippen LogP contribution >= 0.6 is 0 Å². The molecule has 0 spiro atoms. The number of piperidine rings is 1. The molecule has 1 aliphatic heterocycles. The van der Waals surface area contributed by atoms with Crippen molar-refractivity contribution in [2.45, 2.75) is 44.4 Å². The fraction of sp³-hybridized carbons (Fsp3) is 0.733. The SMILES string of the molecule is CN1CCC(c2ccnc(C(C)(C)CCN)n2)CC1. The highest BCUT2D eigenvalue weighted by Gasteiger charge is 2.25. The second kappa shape index (κ2) is 5.97. The number of hydrogen-bond acceptors (Lipinski definition) is 4. The molecule has 106 valence electrons. The summed E-state index contributed by atoms with van der Waals surface area (Å²) >= 11 is 0. The van der Waals surface area contributed by atoms with Gasteiger partial charge >= 0.3 is 0 Å². The summed E-state index contributed by atoms with van der Waals surface area (Å²) in [6, 6.07) is 2.08. The van der Waals surface area contributed by atoms with E-state index in [0.717, 1.165) is 25.3 Å². The van der Waals surface area contributed by atoms with E-state index in [1.54, 1.807) is 0 Å². The Labute approximate surface area is 116 Å². The van der Waals surface area contributed by atoms with E-state index in [4.69, 9.17) is 10.7 Å². The van der Waals surface area contributed by atoms with E-state index >= 15 is 0 Å². The zero-order valence-corrected chi connectivity index (χ0v) is 12.4. The summed E-state index contributed by atoms with van der Waals surface area (Å²) in [4.78, 5) is 11.7. The molecule has 2 heterocycles. The van der Waals surface area contributed by atoms with E-state index in [-0.39, 0.29) is 5.41 Å². The maximum absolute atomic E-state index is 5.69. The van der Waals surface area contributed by atoms with Crippen LogP contribution in [0, 0.1) is 0 Å². The number of nitrogens with two attached hydrogens (primary N) is 1. The van der Waals surface area contributed by atoms with Crippen LogP contribution in [0.1, 0.15) is 50.5 Å². The number of likely N-dealkylation sites (tertiary alicyclic amines) is 1. The normalized spacial score (nSPS) is 18.7. The van der Waals surface area contributed by atoms with Gasteiger partial charge in [0, 0.05) is 23.2 Å². The molecule has 1 aromatic rings. The van der Waals surface area contributed by atoms with Crippen molar-refractivity contribution in [1.82, 2.24) is 14.9 Å². The molecule has 0 amide bonds. The summed E-state index contributed by atoms with van der Waals surface area (Å²) in [6.07, 6.45) is 5.23. The van der Waals surface area contributed by atoms with Gasteiger partial charge in [0.15, 0.2) is 0 Å². The first-order chi connectivity index (χ1) is 9.03. The van der Waals surface area contributed by atoms with Crippen LogP contribution in [-0.2, 0) is 5.41 Å². The van der Waals surface area contributed by atoms with Crippen LogP contribution in [-0.4, -0.2) is 41.5 Å². The molecule has 0 atom stereocenters. The second-order valence-corrected chi connectivity index (χ2v) is 6.31. The summed E-state index contributed by atoms with van der Waals surface area (Å²) in [5, 5.41) is 0. The standard InChI is InChI=1S/C15H26N4/c1-15(2,7-8-16)14-17-9-4-13(18-14)12-5-10-19(3)11-6-12/h4,9,12H,5-8,10-11,16H2,1-3H3. The van der Waals surface area contributed by atoms with E-state index in [1.807, 2.05) is 6.20 Å². The van der Waals surface area contributed by atoms with Gasteiger partial charge in [0.25, 0.3) is 0 Å². The minimum atomic E-state index is -0.0315. The molecule has 0 radical (unpaired) electrons. The maximum atomic E-state index is 5.69. The molecule has 19 heavy (non-hydrogen) atoms. The molecule has 1 saturated heterocycles. The van der Waals surface area contributed by atoms with E-state index in [9.17, 15) is 0 Å². The molecule has 1 aromatic heterocycles. The Bertz CT molecular complexity index is 408. The molecule has 0 aliphatic carbocycles. The average Bonchev–Trinajstić information content (AvgIpc) is 2.40. The van der Waals surface area contributed by atoms with E-state index in [2.05, 4.69) is 36.8 Å². The van der Waals surface area contributed by atoms with Crippen LogP contribution in [0.3, 0.4) is 0 Å². The van der Waals surface area contributed by atoms with Crippen LogP contribution in [0.15, 0.2) is 12.3 Å². The number of nitrogens with zero attached hydrogens (tertiary/aromatic N) is 3. The second-order valence-electron chi connectivity index (χ2n) is 6.31. The van der Waals surface area contributed by atoms with Gasteiger partial charge in [0.2, 0.25) is 0 Å². The van der Waals surface area contributed by atoms with Crippen LogP contribution in [0.5, 0.6) is 0 Å². The lowest BCUT2D eigenvalue weighted by Crippen LogP contribution is -2.30. The van der Waals surface area contributed by atoms with Crippen LogP contribution in [0.4, 0.5) is 0 Å². The van der Waals surface area contributed by atoms with Gasteiger partial charge in [-0.1, -0.05) is 13.8 Å². The predicted octanol–water partition coefficient (Wildman–Crippen LogP) is 1.91. The van der Waals surface area contributed by atoms with Gasteiger partial charge in [-0.15, -0.1) is 0 Å². The Balaban J connectivity index is 2.15. The van der Waals surface area contributed by atoms with Crippen molar-refractivity contribution < 1.29 is 0 Å². The van der Waals surface area contributed by atoms with Gasteiger partial charge in [0.1, 0.15) is 5.82 Å². The predicted molar refractivity (Wildman–Crippen MR) is 78.2 cm³/mol. The summed E-state index contributed by atoms with van der Waals surface area (Å²) in [5.41, 5.74) is 6.87. The van der Waals surface area contributed by atoms with Gasteiger partial charge < -0.3 is 10.6 Å². The molecule has 2 N–H and O–H groups in total. The monoisotopic (exact) mass is 262 g/mol. The highest BCUT2D eigenvalue weighted by atomic mass is 15.1. The Morgan fingerprint density at radius 2 is 2.05 bits per heavy atom. The Morgan fingerprint density at radius 1 is 1.37 bits per heavy atom. The average molecular weight is 262 g/mol. The van der Waals surface area contributed by atoms with Crippen LogP contribution in [0.2, 0.25) is 0 Å². The molecular weight excluding hydrogens is 236 g/mol. The lowest BCUT2D eigenvalue weighted by Gasteiger charge is -2.29. The topological polar surface area (TPSA) is 55.0 Å². The third-order valence-electron chi connectivity index (χ3n) is 4.19. The number of hydrogen-bond donors (Lipinski definition) is 1. The summed E-state index contributed by atoms with van der Waals surface area (Å²) in [5.74, 6) is 1.53. The Hall–Kier alpha value is -1.00. The minimum Gasteiger partial charge on any atom is -0.330 e. The highest BCUT2D eigenvalue weighted by molar-refractivity contribution is 5.14. The van der Waals surface area contributed by atoms with Crippen molar-refractivity contribution >= 4 is 0 Å². The van der Waals surface area contributed by atoms with Crippen molar-refractivity contribution in [2.75, 3.05) is 26.7 Å². The summed E-state index contributed by atoms with van der Waals surface area (Å²) in [7, 11) is 2.19. The van der Waals surface area contributed by atoms with Gasteiger partial charge in [0.05, 0.1) is 0 Å². The minimum absolute atomic E-state index is 0.0315. The lowest BCUT2D eigenvalue weighted by molar-refractivity contribution is 0.252. The largest absolute Gasteiger partial charge is 0.330 e. The molecule has 2 rings (SSSR count). The fourth-order valence-corrected chi connectivity index (χ4v) is 2.70. The van der Waals surface area contributed by atoms with Crippen molar-refractivity contribution in [3.05, 3.63) is 23.8 Å². The molecule has 0 saturated carbocycles. The zero-order valence-electron chi connectivity index (χ0n) is 12.4. The fourth-order valence-electron chi connectivity index (χ4n) is 2.70. The van der Waals surface area contributed by atoms with Crippen LogP contribution in [0.25, 0.3) is 0 Å². The lowest BCUT2D eigenvalue weighted by atomic mass is 9.87. The van der Waals surface area contributed by atoms with Crippen molar-refractivity contribution in [3.63, 3.8) is 0 Å². The van der Waals surface area contributed by atoms with Gasteiger partial charge in [-0.05, 0) is 52.0 Å². The first-order valence-corrected chi connectivity index (χ1v) is 7.25. The van der Waals surface area contributed by atoms with E-state index in [1.165, 1.54) is 18.5 Å². The molecule has 0 aromatic carbocycles. The molecule has 1 fully saturated rings. The van der Waals surface area contributed by atoms with Crippen molar-refractivity contribution in [1.29, 1.82) is 0 Å².